The Morgan fingerprint density at radius 3 is 2.17 bits per heavy atom. The molecular weight excluding hydrogens is 260 g/mol. The summed E-state index contributed by atoms with van der Waals surface area (Å²) in [6.07, 6.45) is 3.69. The highest BCUT2D eigenvalue weighted by Gasteiger charge is 2.15. The third-order valence-electron chi connectivity index (χ3n) is 2.99. The molecule has 4 heteroatoms. The van der Waals surface area contributed by atoms with Crippen molar-refractivity contribution in [1.82, 2.24) is 0 Å². The van der Waals surface area contributed by atoms with E-state index in [1.165, 1.54) is 19.3 Å². The van der Waals surface area contributed by atoms with Crippen LogP contribution in [0.15, 0.2) is 0 Å². The Morgan fingerprint density at radius 1 is 1.06 bits per heavy atom. The summed E-state index contributed by atoms with van der Waals surface area (Å²) in [5.41, 5.74) is 2.59. The van der Waals surface area contributed by atoms with Gasteiger partial charge in [-0.1, -0.05) is 51.6 Å². The largest absolute Gasteiger partial charge is 0.382 e. The molecule has 1 rings (SSSR count). The van der Waals surface area contributed by atoms with Crippen LogP contribution >= 0.6 is 24.4 Å². The molecule has 1 N–H and O–H groups in total. The number of anilines is 2. The Bertz CT molecular complexity index is 463. The minimum atomic E-state index is 0.432. The lowest BCUT2D eigenvalue weighted by Gasteiger charge is -2.22. The molecule has 0 radical (unpaired) electrons. The van der Waals surface area contributed by atoms with Crippen molar-refractivity contribution in [3.63, 3.8) is 0 Å². The van der Waals surface area contributed by atoms with Crippen molar-refractivity contribution in [2.24, 2.45) is 5.41 Å². The molecule has 0 aliphatic carbocycles. The van der Waals surface area contributed by atoms with Gasteiger partial charge in [0.15, 0.2) is 0 Å². The standard InChI is InChI=1S/C14H24N2S2/c1-14(2,3)8-6-7-9-15-10-11(16(4)5)13(18)12(10)17/h15H,6-9H2,1-5H3. The quantitative estimate of drug-likeness (QED) is 0.600. The lowest BCUT2D eigenvalue weighted by atomic mass is 9.90. The lowest BCUT2D eigenvalue weighted by Crippen LogP contribution is -2.16. The fourth-order valence-electron chi connectivity index (χ4n) is 1.96. The zero-order valence-electron chi connectivity index (χ0n) is 12.1. The average molecular weight is 284 g/mol. The normalized spacial score (nSPS) is 11.8. The van der Waals surface area contributed by atoms with Gasteiger partial charge in [0, 0.05) is 20.6 Å². The van der Waals surface area contributed by atoms with E-state index in [2.05, 4.69) is 26.1 Å². The highest BCUT2D eigenvalue weighted by Crippen LogP contribution is 2.34. The van der Waals surface area contributed by atoms with Gasteiger partial charge < -0.3 is 10.2 Å². The molecule has 1 aromatic carbocycles. The Labute approximate surface area is 121 Å². The van der Waals surface area contributed by atoms with Crippen molar-refractivity contribution in [3.05, 3.63) is 9.02 Å². The van der Waals surface area contributed by atoms with E-state index in [0.717, 1.165) is 26.9 Å². The van der Waals surface area contributed by atoms with E-state index in [-0.39, 0.29) is 0 Å². The summed E-state index contributed by atoms with van der Waals surface area (Å²) in [5, 5.41) is 3.43. The summed E-state index contributed by atoms with van der Waals surface area (Å²) in [7, 11) is 4.01. The summed E-state index contributed by atoms with van der Waals surface area (Å²) in [5.74, 6) is 0. The van der Waals surface area contributed by atoms with Gasteiger partial charge in [-0.3, -0.25) is 0 Å². The third kappa shape index (κ3) is 4.02. The number of hydrogen-bond donors (Lipinski definition) is 1. The maximum atomic E-state index is 5.27. The van der Waals surface area contributed by atoms with Gasteiger partial charge in [-0.15, -0.1) is 0 Å². The Morgan fingerprint density at radius 2 is 1.67 bits per heavy atom. The zero-order chi connectivity index (χ0) is 13.9. The molecule has 18 heavy (non-hydrogen) atoms. The van der Waals surface area contributed by atoms with Gasteiger partial charge in [0.05, 0.1) is 20.4 Å². The van der Waals surface area contributed by atoms with Crippen molar-refractivity contribution in [2.45, 2.75) is 40.0 Å². The zero-order valence-corrected chi connectivity index (χ0v) is 13.7. The topological polar surface area (TPSA) is 15.3 Å². The van der Waals surface area contributed by atoms with Crippen LogP contribution in [0.1, 0.15) is 40.0 Å². The SMILES string of the molecule is CN(C)c1c(NCCCCC(C)(C)C)c(=S)c1=S. The first-order valence-electron chi connectivity index (χ1n) is 6.48. The van der Waals surface area contributed by atoms with E-state index >= 15 is 0 Å². The Hall–Kier alpha value is -0.480. The summed E-state index contributed by atoms with van der Waals surface area (Å²) in [4.78, 5) is 2.04. The number of unbranched alkanes of at least 4 members (excludes halogenated alkanes) is 1. The van der Waals surface area contributed by atoms with Crippen LogP contribution in [0.4, 0.5) is 11.4 Å². The first-order valence-corrected chi connectivity index (χ1v) is 7.30. The van der Waals surface area contributed by atoms with Crippen LogP contribution in [0, 0.1) is 14.4 Å². The molecule has 0 unspecified atom stereocenters. The first-order chi connectivity index (χ1) is 8.24. The fraction of sp³-hybridized carbons (Fsp3) is 0.714. The predicted molar refractivity (Wildman–Crippen MR) is 86.6 cm³/mol. The minimum Gasteiger partial charge on any atom is -0.382 e. The molecule has 0 heterocycles. The molecule has 0 bridgehead atoms. The Kier molecular flexibility index (Phi) is 5.29. The van der Waals surface area contributed by atoms with Crippen LogP contribution in [0.25, 0.3) is 0 Å². The van der Waals surface area contributed by atoms with Gasteiger partial charge >= 0.3 is 0 Å². The maximum absolute atomic E-state index is 5.27. The van der Waals surface area contributed by atoms with E-state index in [0.29, 0.717) is 5.41 Å². The highest BCUT2D eigenvalue weighted by atomic mass is 32.1. The molecule has 102 valence electrons. The molecule has 0 aromatic heterocycles. The second-order valence-electron chi connectivity index (χ2n) is 6.22. The molecular formula is C14H24N2S2. The Balaban J connectivity index is 2.39. The van der Waals surface area contributed by atoms with E-state index in [9.17, 15) is 0 Å². The van der Waals surface area contributed by atoms with E-state index < -0.39 is 0 Å². The van der Waals surface area contributed by atoms with Gasteiger partial charge in [0.25, 0.3) is 0 Å². The molecule has 1 aromatic rings. The monoisotopic (exact) mass is 284 g/mol. The van der Waals surface area contributed by atoms with Crippen LogP contribution < -0.4 is 10.2 Å². The number of hydrogen-bond acceptors (Lipinski definition) is 4. The van der Waals surface area contributed by atoms with Crippen molar-refractivity contribution in [1.29, 1.82) is 0 Å². The van der Waals surface area contributed by atoms with Crippen LogP contribution in [0.5, 0.6) is 0 Å². The smallest absolute Gasteiger partial charge is 0.0834 e. The number of nitrogens with zero attached hydrogens (tertiary/aromatic N) is 1. The lowest BCUT2D eigenvalue weighted by molar-refractivity contribution is 0.362. The van der Waals surface area contributed by atoms with Crippen molar-refractivity contribution in [2.75, 3.05) is 30.9 Å². The molecule has 0 aliphatic rings. The molecule has 2 nitrogen and oxygen atoms in total. The first kappa shape index (κ1) is 15.6. The number of rotatable bonds is 6. The molecule has 0 spiro atoms. The fourth-order valence-corrected chi connectivity index (χ4v) is 2.62. The van der Waals surface area contributed by atoms with Gasteiger partial charge in [-0.25, -0.2) is 0 Å². The van der Waals surface area contributed by atoms with Gasteiger partial charge in [-0.05, 0) is 18.3 Å². The van der Waals surface area contributed by atoms with Crippen LogP contribution in [0.2, 0.25) is 0 Å². The molecule has 0 fully saturated rings. The molecule has 0 saturated heterocycles. The molecule has 0 atom stereocenters. The molecule has 0 aliphatic heterocycles. The summed E-state index contributed by atoms with van der Waals surface area (Å²) < 4.78 is 1.65. The van der Waals surface area contributed by atoms with Gasteiger partial charge in [0.1, 0.15) is 0 Å². The molecule has 0 saturated carbocycles. The van der Waals surface area contributed by atoms with Crippen LogP contribution in [-0.2, 0) is 0 Å². The maximum Gasteiger partial charge on any atom is 0.0834 e. The van der Waals surface area contributed by atoms with E-state index in [1.54, 1.807) is 0 Å². The van der Waals surface area contributed by atoms with E-state index in [1.807, 2.05) is 19.0 Å². The van der Waals surface area contributed by atoms with Crippen molar-refractivity contribution in [3.8, 4) is 0 Å². The number of nitrogens with one attached hydrogen (secondary N) is 1. The third-order valence-corrected chi connectivity index (χ3v) is 3.92. The van der Waals surface area contributed by atoms with Crippen molar-refractivity contribution >= 4 is 35.8 Å². The van der Waals surface area contributed by atoms with E-state index in [4.69, 9.17) is 24.4 Å². The predicted octanol–water partition coefficient (Wildman–Crippen LogP) is 4.72. The van der Waals surface area contributed by atoms with Crippen molar-refractivity contribution < 1.29 is 0 Å². The molecule has 0 amide bonds. The summed E-state index contributed by atoms with van der Waals surface area (Å²) in [6.45, 7) is 7.83. The van der Waals surface area contributed by atoms with Crippen LogP contribution in [0.3, 0.4) is 0 Å². The van der Waals surface area contributed by atoms with Crippen LogP contribution in [-0.4, -0.2) is 20.6 Å². The minimum absolute atomic E-state index is 0.432. The highest BCUT2D eigenvalue weighted by molar-refractivity contribution is 7.74. The second-order valence-corrected chi connectivity index (χ2v) is 7.04. The summed E-state index contributed by atoms with van der Waals surface area (Å²) in [6, 6.07) is 0. The second kappa shape index (κ2) is 6.11. The van der Waals surface area contributed by atoms with Gasteiger partial charge in [0.2, 0.25) is 0 Å². The summed E-state index contributed by atoms with van der Waals surface area (Å²) >= 11 is 10.5. The van der Waals surface area contributed by atoms with Gasteiger partial charge in [-0.2, -0.15) is 0 Å². The average Bonchev–Trinajstić information content (AvgIpc) is 2.24.